The summed E-state index contributed by atoms with van der Waals surface area (Å²) in [6, 6.07) is 0.639. The molecule has 1 saturated carbocycles. The molecule has 0 aromatic carbocycles. The number of ether oxygens (including phenoxy) is 1. The van der Waals surface area contributed by atoms with Crippen LogP contribution in [0.1, 0.15) is 34.1 Å². The Hall–Kier alpha value is -0.0800. The molecule has 0 amide bonds. The van der Waals surface area contributed by atoms with Gasteiger partial charge in [0.25, 0.3) is 0 Å². The van der Waals surface area contributed by atoms with Crippen molar-refractivity contribution in [1.29, 1.82) is 0 Å². The summed E-state index contributed by atoms with van der Waals surface area (Å²) in [5.74, 6) is 0.734. The first-order valence-corrected chi connectivity index (χ1v) is 5.24. The van der Waals surface area contributed by atoms with Crippen LogP contribution < -0.4 is 5.32 Å². The van der Waals surface area contributed by atoms with Crippen LogP contribution in [-0.2, 0) is 4.74 Å². The lowest BCUT2D eigenvalue weighted by molar-refractivity contribution is -0.0978. The quantitative estimate of drug-likeness (QED) is 0.723. The second kappa shape index (κ2) is 3.97. The van der Waals surface area contributed by atoms with E-state index in [1.165, 1.54) is 0 Å². The first-order chi connectivity index (χ1) is 5.98. The summed E-state index contributed by atoms with van der Waals surface area (Å²) >= 11 is 0. The molecule has 1 aliphatic rings. The van der Waals surface area contributed by atoms with Gasteiger partial charge in [0.1, 0.15) is 0 Å². The summed E-state index contributed by atoms with van der Waals surface area (Å²) < 4.78 is 5.40. The first-order valence-electron chi connectivity index (χ1n) is 5.24. The molecule has 78 valence electrons. The van der Waals surface area contributed by atoms with Crippen molar-refractivity contribution < 1.29 is 4.74 Å². The van der Waals surface area contributed by atoms with Crippen molar-refractivity contribution in [1.82, 2.24) is 5.32 Å². The highest BCUT2D eigenvalue weighted by molar-refractivity contribution is 5.02. The Morgan fingerprint density at radius 2 is 2.08 bits per heavy atom. The zero-order valence-electron chi connectivity index (χ0n) is 9.55. The van der Waals surface area contributed by atoms with Crippen LogP contribution in [0, 0.1) is 11.3 Å². The van der Waals surface area contributed by atoms with Crippen molar-refractivity contribution in [2.24, 2.45) is 11.3 Å². The highest BCUT2D eigenvalue weighted by Gasteiger charge is 2.48. The lowest BCUT2D eigenvalue weighted by Gasteiger charge is -2.51. The predicted octanol–water partition coefficient (Wildman–Crippen LogP) is 2.05. The topological polar surface area (TPSA) is 21.3 Å². The molecule has 0 aromatic heterocycles. The number of hydrogen-bond donors (Lipinski definition) is 1. The molecule has 13 heavy (non-hydrogen) atoms. The summed E-state index contributed by atoms with van der Waals surface area (Å²) in [6.45, 7) is 10.2. The molecule has 0 aliphatic heterocycles. The first kappa shape index (κ1) is 11.0. The predicted molar refractivity (Wildman–Crippen MR) is 55.8 cm³/mol. The van der Waals surface area contributed by atoms with Crippen LogP contribution >= 0.6 is 0 Å². The highest BCUT2D eigenvalue weighted by atomic mass is 16.5. The minimum Gasteiger partial charge on any atom is -0.381 e. The summed E-state index contributed by atoms with van der Waals surface area (Å²) in [4.78, 5) is 0. The van der Waals surface area contributed by atoms with Gasteiger partial charge in [-0.25, -0.2) is 0 Å². The maximum absolute atomic E-state index is 5.40. The van der Waals surface area contributed by atoms with Gasteiger partial charge in [0.15, 0.2) is 0 Å². The van der Waals surface area contributed by atoms with E-state index < -0.39 is 0 Å². The van der Waals surface area contributed by atoms with Crippen LogP contribution in [0.3, 0.4) is 0 Å². The van der Waals surface area contributed by atoms with Gasteiger partial charge in [-0.15, -0.1) is 0 Å². The summed E-state index contributed by atoms with van der Waals surface area (Å²) in [5.41, 5.74) is 0.309. The number of methoxy groups -OCH3 is 1. The summed E-state index contributed by atoms with van der Waals surface area (Å²) in [7, 11) is 1.81. The third-order valence-electron chi connectivity index (χ3n) is 3.23. The van der Waals surface area contributed by atoms with Gasteiger partial charge in [-0.2, -0.15) is 0 Å². The Morgan fingerprint density at radius 1 is 1.46 bits per heavy atom. The molecule has 1 aliphatic carbocycles. The molecule has 0 spiro atoms. The molecule has 0 unspecified atom stereocenters. The molecule has 1 fully saturated rings. The number of nitrogens with one attached hydrogen (secondary N) is 1. The van der Waals surface area contributed by atoms with Crippen molar-refractivity contribution in [2.45, 2.75) is 46.3 Å². The normalized spacial score (nSPS) is 31.8. The van der Waals surface area contributed by atoms with Crippen molar-refractivity contribution in [3.05, 3.63) is 0 Å². The maximum Gasteiger partial charge on any atom is 0.0652 e. The Labute approximate surface area is 82.0 Å². The second-order valence-electron chi connectivity index (χ2n) is 5.14. The third kappa shape index (κ3) is 2.23. The number of hydrogen-bond acceptors (Lipinski definition) is 2. The molecule has 2 nitrogen and oxygen atoms in total. The summed E-state index contributed by atoms with van der Waals surface area (Å²) in [5, 5.41) is 3.59. The van der Waals surface area contributed by atoms with Gasteiger partial charge in [0.2, 0.25) is 0 Å². The minimum atomic E-state index is 0.309. The van der Waals surface area contributed by atoms with Gasteiger partial charge < -0.3 is 10.1 Å². The molecule has 1 rings (SSSR count). The Balaban J connectivity index is 2.31. The van der Waals surface area contributed by atoms with Crippen LogP contribution in [0.25, 0.3) is 0 Å². The molecule has 2 atom stereocenters. The fourth-order valence-electron chi connectivity index (χ4n) is 2.01. The van der Waals surface area contributed by atoms with E-state index in [0.717, 1.165) is 18.9 Å². The van der Waals surface area contributed by atoms with Crippen LogP contribution in [-0.4, -0.2) is 25.8 Å². The van der Waals surface area contributed by atoms with Crippen LogP contribution in [0.5, 0.6) is 0 Å². The smallest absolute Gasteiger partial charge is 0.0652 e. The highest BCUT2D eigenvalue weighted by Crippen LogP contribution is 2.42. The molecule has 1 N–H and O–H groups in total. The van der Waals surface area contributed by atoms with Gasteiger partial charge >= 0.3 is 0 Å². The molecule has 0 radical (unpaired) electrons. The van der Waals surface area contributed by atoms with Crippen molar-refractivity contribution >= 4 is 0 Å². The van der Waals surface area contributed by atoms with E-state index in [0.29, 0.717) is 17.6 Å². The fraction of sp³-hybridized carbons (Fsp3) is 1.00. The van der Waals surface area contributed by atoms with Gasteiger partial charge in [0.05, 0.1) is 6.10 Å². The van der Waals surface area contributed by atoms with E-state index in [-0.39, 0.29) is 0 Å². The average molecular weight is 185 g/mol. The van der Waals surface area contributed by atoms with Crippen molar-refractivity contribution in [3.8, 4) is 0 Å². The van der Waals surface area contributed by atoms with Crippen LogP contribution in [0.15, 0.2) is 0 Å². The van der Waals surface area contributed by atoms with Gasteiger partial charge in [-0.1, -0.05) is 27.7 Å². The van der Waals surface area contributed by atoms with E-state index in [9.17, 15) is 0 Å². The molecule has 0 bridgehead atoms. The average Bonchev–Trinajstić information content (AvgIpc) is 2.02. The largest absolute Gasteiger partial charge is 0.381 e. The maximum atomic E-state index is 5.40. The van der Waals surface area contributed by atoms with Crippen molar-refractivity contribution in [2.75, 3.05) is 13.7 Å². The number of rotatable bonds is 4. The van der Waals surface area contributed by atoms with Crippen LogP contribution in [0.4, 0.5) is 0 Å². The Kier molecular flexibility index (Phi) is 3.36. The van der Waals surface area contributed by atoms with Crippen LogP contribution in [0.2, 0.25) is 0 Å². The zero-order chi connectivity index (χ0) is 10.1. The molecule has 0 saturated heterocycles. The van der Waals surface area contributed by atoms with Crippen molar-refractivity contribution in [3.63, 3.8) is 0 Å². The Bertz CT molecular complexity index is 165. The molecule has 0 heterocycles. The van der Waals surface area contributed by atoms with E-state index in [4.69, 9.17) is 4.74 Å². The van der Waals surface area contributed by atoms with Gasteiger partial charge in [0, 0.05) is 18.6 Å². The van der Waals surface area contributed by atoms with E-state index in [2.05, 4.69) is 33.0 Å². The Morgan fingerprint density at radius 3 is 2.46 bits per heavy atom. The fourth-order valence-corrected chi connectivity index (χ4v) is 2.01. The lowest BCUT2D eigenvalue weighted by Crippen LogP contribution is -2.61. The van der Waals surface area contributed by atoms with Gasteiger partial charge in [-0.05, 0) is 18.9 Å². The van der Waals surface area contributed by atoms with E-state index in [1.54, 1.807) is 0 Å². The molecular weight excluding hydrogens is 162 g/mol. The standard InChI is InChI=1S/C11H23NO/c1-8(2)7-12-9-6-10(13-5)11(9,3)4/h8-10,12H,6-7H2,1-5H3/t9-,10-/m0/s1. The lowest BCUT2D eigenvalue weighted by atomic mass is 9.64. The van der Waals surface area contributed by atoms with E-state index >= 15 is 0 Å². The molecule has 0 aromatic rings. The SMILES string of the molecule is CO[C@H]1C[C@H](NCC(C)C)C1(C)C. The zero-order valence-corrected chi connectivity index (χ0v) is 9.55. The monoisotopic (exact) mass is 185 g/mol. The molecular formula is C11H23NO. The summed E-state index contributed by atoms with van der Waals surface area (Å²) in [6.07, 6.45) is 1.60. The van der Waals surface area contributed by atoms with Gasteiger partial charge in [-0.3, -0.25) is 0 Å². The molecule has 2 heteroatoms. The minimum absolute atomic E-state index is 0.309. The second-order valence-corrected chi connectivity index (χ2v) is 5.14. The third-order valence-corrected chi connectivity index (χ3v) is 3.23. The van der Waals surface area contributed by atoms with E-state index in [1.807, 2.05) is 7.11 Å².